The minimum atomic E-state index is -0.358. The van der Waals surface area contributed by atoms with Crippen LogP contribution in [0.25, 0.3) is 0 Å². The number of nitro benzene ring substituents is 1. The first-order chi connectivity index (χ1) is 12.7. The molecule has 0 amide bonds. The Balaban J connectivity index is 1.96. The summed E-state index contributed by atoms with van der Waals surface area (Å²) in [5.41, 5.74) is 2.11. The minimum Gasteiger partial charge on any atom is -0.418 e. The van der Waals surface area contributed by atoms with Gasteiger partial charge in [0.15, 0.2) is 0 Å². The minimum absolute atomic E-state index is 0.0500. The van der Waals surface area contributed by atoms with Crippen LogP contribution >= 0.6 is 12.0 Å². The van der Waals surface area contributed by atoms with Crippen LogP contribution in [-0.2, 0) is 12.2 Å². The summed E-state index contributed by atoms with van der Waals surface area (Å²) in [4.78, 5) is 11.0. The molecule has 0 aromatic heterocycles. The van der Waals surface area contributed by atoms with Gasteiger partial charge in [0.05, 0.1) is 22.7 Å². The van der Waals surface area contributed by atoms with Crippen LogP contribution in [0.4, 0.5) is 5.69 Å². The van der Waals surface area contributed by atoms with Crippen molar-refractivity contribution in [2.24, 2.45) is 0 Å². The molecule has 0 N–H and O–H groups in total. The Bertz CT molecular complexity index is 676. The fourth-order valence-corrected chi connectivity index (χ4v) is 3.53. The summed E-state index contributed by atoms with van der Waals surface area (Å²) in [6.45, 7) is 2.21. The van der Waals surface area contributed by atoms with Crippen molar-refractivity contribution in [2.45, 2.75) is 57.6 Å². The maximum Gasteiger partial charge on any atom is 0.312 e. The smallest absolute Gasteiger partial charge is 0.312 e. The van der Waals surface area contributed by atoms with E-state index in [-0.39, 0.29) is 10.6 Å². The quantitative estimate of drug-likeness (QED) is 0.179. The lowest BCUT2D eigenvalue weighted by Gasteiger charge is -2.10. The number of para-hydroxylation sites is 1. The summed E-state index contributed by atoms with van der Waals surface area (Å²) in [6, 6.07) is 15.2. The highest BCUT2D eigenvalue weighted by atomic mass is 32.2. The molecular weight excluding hydrogens is 346 g/mol. The van der Waals surface area contributed by atoms with Gasteiger partial charge < -0.3 is 4.18 Å². The molecule has 0 saturated carbocycles. The van der Waals surface area contributed by atoms with Crippen LogP contribution in [0, 0.1) is 10.1 Å². The second-order valence-electron chi connectivity index (χ2n) is 6.37. The number of rotatable bonds is 12. The summed E-state index contributed by atoms with van der Waals surface area (Å²) >= 11 is 1.25. The fraction of sp³-hybridized carbons (Fsp3) is 0.429. The Morgan fingerprint density at radius 3 is 2.42 bits per heavy atom. The Hall–Kier alpha value is -2.01. The van der Waals surface area contributed by atoms with Crippen LogP contribution in [0.5, 0.6) is 5.75 Å². The van der Waals surface area contributed by atoms with E-state index in [2.05, 4.69) is 6.92 Å². The van der Waals surface area contributed by atoms with E-state index in [1.165, 1.54) is 43.8 Å². The van der Waals surface area contributed by atoms with Gasteiger partial charge in [-0.1, -0.05) is 81.5 Å². The van der Waals surface area contributed by atoms with Crippen molar-refractivity contribution in [3.8, 4) is 5.75 Å². The molecule has 0 saturated heterocycles. The zero-order valence-corrected chi connectivity index (χ0v) is 16.2. The molecule has 0 heterocycles. The van der Waals surface area contributed by atoms with Gasteiger partial charge in [0.25, 0.3) is 0 Å². The van der Waals surface area contributed by atoms with Gasteiger partial charge in [0.1, 0.15) is 0 Å². The molecule has 2 rings (SSSR count). The van der Waals surface area contributed by atoms with Crippen molar-refractivity contribution in [2.75, 3.05) is 0 Å². The topological polar surface area (TPSA) is 52.4 Å². The lowest BCUT2D eigenvalue weighted by atomic mass is 10.0. The monoisotopic (exact) mass is 373 g/mol. The Morgan fingerprint density at radius 1 is 0.962 bits per heavy atom. The van der Waals surface area contributed by atoms with E-state index in [1.807, 2.05) is 36.4 Å². The molecule has 4 nitrogen and oxygen atoms in total. The van der Waals surface area contributed by atoms with Gasteiger partial charge in [0, 0.05) is 11.6 Å². The van der Waals surface area contributed by atoms with Crippen molar-refractivity contribution < 1.29 is 9.11 Å². The SMILES string of the molecule is CCCCCCCCc1cccc([N+](=O)[O-])c1OSCc1ccccc1. The Kier molecular flexibility index (Phi) is 9.04. The van der Waals surface area contributed by atoms with Gasteiger partial charge in [-0.3, -0.25) is 10.1 Å². The van der Waals surface area contributed by atoms with Crippen molar-refractivity contribution in [1.29, 1.82) is 0 Å². The van der Waals surface area contributed by atoms with Crippen LogP contribution in [0.1, 0.15) is 56.6 Å². The number of benzene rings is 2. The van der Waals surface area contributed by atoms with Gasteiger partial charge >= 0.3 is 5.69 Å². The predicted octanol–water partition coefficient (Wildman–Crippen LogP) is 6.73. The van der Waals surface area contributed by atoms with Crippen LogP contribution in [0.3, 0.4) is 0 Å². The van der Waals surface area contributed by atoms with E-state index in [0.29, 0.717) is 11.5 Å². The molecule has 0 radical (unpaired) electrons. The zero-order valence-electron chi connectivity index (χ0n) is 15.4. The molecule has 0 bridgehead atoms. The molecule has 0 unspecified atom stereocenters. The average Bonchev–Trinajstić information content (AvgIpc) is 2.66. The molecule has 0 aliphatic heterocycles. The molecule has 0 aliphatic rings. The lowest BCUT2D eigenvalue weighted by Crippen LogP contribution is -1.98. The van der Waals surface area contributed by atoms with E-state index < -0.39 is 0 Å². The van der Waals surface area contributed by atoms with Crippen molar-refractivity contribution in [3.05, 3.63) is 69.8 Å². The van der Waals surface area contributed by atoms with E-state index in [1.54, 1.807) is 6.07 Å². The number of nitrogens with zero attached hydrogens (tertiary/aromatic N) is 1. The van der Waals surface area contributed by atoms with Crippen LogP contribution in [-0.4, -0.2) is 4.92 Å². The van der Waals surface area contributed by atoms with E-state index in [4.69, 9.17) is 4.18 Å². The molecule has 2 aromatic rings. The first-order valence-electron chi connectivity index (χ1n) is 9.32. The first kappa shape index (κ1) is 20.3. The highest BCUT2D eigenvalue weighted by Crippen LogP contribution is 2.35. The van der Waals surface area contributed by atoms with Crippen molar-refractivity contribution in [1.82, 2.24) is 0 Å². The summed E-state index contributed by atoms with van der Waals surface area (Å²) in [7, 11) is 0. The third-order valence-electron chi connectivity index (χ3n) is 4.28. The van der Waals surface area contributed by atoms with Crippen molar-refractivity contribution in [3.63, 3.8) is 0 Å². The molecule has 5 heteroatoms. The summed E-state index contributed by atoms with van der Waals surface area (Å²) in [5.74, 6) is 1.07. The molecule has 0 spiro atoms. The highest BCUT2D eigenvalue weighted by Gasteiger charge is 2.19. The maximum atomic E-state index is 11.4. The average molecular weight is 374 g/mol. The normalized spacial score (nSPS) is 10.7. The molecule has 2 aromatic carbocycles. The molecule has 0 atom stereocenters. The second-order valence-corrected chi connectivity index (χ2v) is 7.06. The number of nitro groups is 1. The van der Waals surface area contributed by atoms with Crippen LogP contribution in [0.15, 0.2) is 48.5 Å². The highest BCUT2D eigenvalue weighted by molar-refractivity contribution is 7.94. The maximum absolute atomic E-state index is 11.4. The summed E-state index contributed by atoms with van der Waals surface area (Å²) < 4.78 is 5.80. The van der Waals surface area contributed by atoms with Gasteiger partial charge in [-0.2, -0.15) is 0 Å². The van der Waals surface area contributed by atoms with Gasteiger partial charge in [-0.25, -0.2) is 0 Å². The fourth-order valence-electron chi connectivity index (χ4n) is 2.83. The van der Waals surface area contributed by atoms with Crippen molar-refractivity contribution >= 4 is 17.7 Å². The van der Waals surface area contributed by atoms with E-state index in [9.17, 15) is 10.1 Å². The number of aryl methyl sites for hydroxylation is 1. The molecular formula is C21H27NO3S. The van der Waals surface area contributed by atoms with E-state index in [0.717, 1.165) is 30.4 Å². The summed E-state index contributed by atoms with van der Waals surface area (Å²) in [5, 5.41) is 11.4. The van der Waals surface area contributed by atoms with Crippen LogP contribution < -0.4 is 4.18 Å². The third-order valence-corrected chi connectivity index (χ3v) is 5.02. The van der Waals surface area contributed by atoms with Crippen LogP contribution in [0.2, 0.25) is 0 Å². The summed E-state index contributed by atoms with van der Waals surface area (Å²) in [6.07, 6.45) is 8.01. The van der Waals surface area contributed by atoms with E-state index >= 15 is 0 Å². The largest absolute Gasteiger partial charge is 0.418 e. The van der Waals surface area contributed by atoms with Gasteiger partial charge in [-0.15, -0.1) is 0 Å². The predicted molar refractivity (Wildman–Crippen MR) is 109 cm³/mol. The standard InChI is InChI=1S/C21H27NO3S/c1-2-3-4-5-6-10-14-19-15-11-16-20(22(23)24)21(19)25-26-17-18-12-8-7-9-13-18/h7-9,11-13,15-16H,2-6,10,14,17H2,1H3. The zero-order chi connectivity index (χ0) is 18.6. The lowest BCUT2D eigenvalue weighted by molar-refractivity contribution is -0.385. The Labute approximate surface area is 160 Å². The molecule has 140 valence electrons. The molecule has 0 aliphatic carbocycles. The van der Waals surface area contributed by atoms with Gasteiger partial charge in [0.2, 0.25) is 5.75 Å². The number of hydrogen-bond donors (Lipinski definition) is 0. The second kappa shape index (κ2) is 11.6. The number of hydrogen-bond acceptors (Lipinski definition) is 4. The number of unbranched alkanes of at least 4 members (excludes halogenated alkanes) is 5. The third kappa shape index (κ3) is 6.71. The first-order valence-corrected chi connectivity index (χ1v) is 10.2. The van der Waals surface area contributed by atoms with Gasteiger partial charge in [-0.05, 0) is 18.4 Å². The molecule has 26 heavy (non-hydrogen) atoms. The molecule has 0 fully saturated rings. The Morgan fingerprint density at radius 2 is 1.69 bits per heavy atom.